The smallest absolute Gasteiger partial charge is 0.166 e. The molecular weight excluding hydrogens is 288 g/mol. The molecule has 0 heterocycles. The SMILES string of the molecule is CC1Cc2c(ccc(-c3ccccc3)c2Br)C1=O. The summed E-state index contributed by atoms with van der Waals surface area (Å²) in [5.41, 5.74) is 4.39. The lowest BCUT2D eigenvalue weighted by Crippen LogP contribution is -2.02. The monoisotopic (exact) mass is 300 g/mol. The zero-order chi connectivity index (χ0) is 12.7. The quantitative estimate of drug-likeness (QED) is 0.758. The molecule has 18 heavy (non-hydrogen) atoms. The van der Waals surface area contributed by atoms with Gasteiger partial charge in [-0.3, -0.25) is 4.79 Å². The second-order valence-corrected chi connectivity index (χ2v) is 5.58. The first kappa shape index (κ1) is 11.7. The third-order valence-electron chi connectivity index (χ3n) is 3.55. The van der Waals surface area contributed by atoms with Crippen molar-refractivity contribution in [1.29, 1.82) is 0 Å². The Morgan fingerprint density at radius 1 is 1.06 bits per heavy atom. The van der Waals surface area contributed by atoms with Crippen molar-refractivity contribution >= 4 is 21.7 Å². The molecule has 0 aromatic heterocycles. The normalized spacial score (nSPS) is 17.9. The van der Waals surface area contributed by atoms with Gasteiger partial charge in [-0.05, 0) is 39.0 Å². The van der Waals surface area contributed by atoms with Crippen LogP contribution in [0.5, 0.6) is 0 Å². The van der Waals surface area contributed by atoms with E-state index >= 15 is 0 Å². The van der Waals surface area contributed by atoms with Gasteiger partial charge in [0.25, 0.3) is 0 Å². The molecule has 0 radical (unpaired) electrons. The Kier molecular flexibility index (Phi) is 2.83. The van der Waals surface area contributed by atoms with E-state index in [1.165, 1.54) is 5.56 Å². The average molecular weight is 301 g/mol. The molecule has 0 fully saturated rings. The Morgan fingerprint density at radius 2 is 1.72 bits per heavy atom. The Bertz CT molecular complexity index is 616. The van der Waals surface area contributed by atoms with Crippen LogP contribution < -0.4 is 0 Å². The summed E-state index contributed by atoms with van der Waals surface area (Å²) in [5.74, 6) is 0.382. The maximum atomic E-state index is 12.0. The van der Waals surface area contributed by atoms with Crippen LogP contribution >= 0.6 is 15.9 Å². The van der Waals surface area contributed by atoms with Gasteiger partial charge in [-0.1, -0.05) is 49.4 Å². The van der Waals surface area contributed by atoms with Crippen LogP contribution in [0.25, 0.3) is 11.1 Å². The molecule has 1 aliphatic carbocycles. The lowest BCUT2D eigenvalue weighted by Gasteiger charge is -2.09. The first-order chi connectivity index (χ1) is 8.68. The van der Waals surface area contributed by atoms with E-state index in [2.05, 4.69) is 28.1 Å². The van der Waals surface area contributed by atoms with Crippen molar-refractivity contribution in [3.05, 3.63) is 58.1 Å². The van der Waals surface area contributed by atoms with Crippen molar-refractivity contribution in [2.75, 3.05) is 0 Å². The largest absolute Gasteiger partial charge is 0.294 e. The molecule has 2 aromatic carbocycles. The van der Waals surface area contributed by atoms with Crippen molar-refractivity contribution < 1.29 is 4.79 Å². The van der Waals surface area contributed by atoms with Crippen molar-refractivity contribution in [2.45, 2.75) is 13.3 Å². The van der Waals surface area contributed by atoms with Gasteiger partial charge < -0.3 is 0 Å². The summed E-state index contributed by atoms with van der Waals surface area (Å²) in [6.07, 6.45) is 0.843. The van der Waals surface area contributed by atoms with E-state index in [1.807, 2.05) is 37.3 Å². The molecule has 0 bridgehead atoms. The number of fused-ring (bicyclic) bond motifs is 1. The lowest BCUT2D eigenvalue weighted by molar-refractivity contribution is 0.0946. The molecule has 1 unspecified atom stereocenters. The summed E-state index contributed by atoms with van der Waals surface area (Å²) in [6, 6.07) is 14.3. The van der Waals surface area contributed by atoms with E-state index < -0.39 is 0 Å². The standard InChI is InChI=1S/C16H13BrO/c1-10-9-14-13(16(10)18)8-7-12(15(14)17)11-5-3-2-4-6-11/h2-8,10H,9H2,1H3. The summed E-state index contributed by atoms with van der Waals surface area (Å²) in [5, 5.41) is 0. The second-order valence-electron chi connectivity index (χ2n) is 4.79. The van der Waals surface area contributed by atoms with Crippen molar-refractivity contribution in [3.8, 4) is 11.1 Å². The number of ketones is 1. The molecule has 0 spiro atoms. The topological polar surface area (TPSA) is 17.1 Å². The summed E-state index contributed by atoms with van der Waals surface area (Å²) in [6.45, 7) is 2.00. The first-order valence-corrected chi connectivity index (χ1v) is 6.89. The Hall–Kier alpha value is -1.41. The van der Waals surface area contributed by atoms with Crippen LogP contribution in [0.1, 0.15) is 22.8 Å². The number of hydrogen-bond acceptors (Lipinski definition) is 1. The molecule has 1 nitrogen and oxygen atoms in total. The number of hydrogen-bond donors (Lipinski definition) is 0. The van der Waals surface area contributed by atoms with Gasteiger partial charge in [0.05, 0.1) is 0 Å². The summed E-state index contributed by atoms with van der Waals surface area (Å²) in [4.78, 5) is 12.0. The fourth-order valence-electron chi connectivity index (χ4n) is 2.56. The molecule has 2 heteroatoms. The third-order valence-corrected chi connectivity index (χ3v) is 4.46. The van der Waals surface area contributed by atoms with Crippen LogP contribution in [0.3, 0.4) is 0 Å². The maximum absolute atomic E-state index is 12.0. The predicted molar refractivity (Wildman–Crippen MR) is 76.8 cm³/mol. The van der Waals surface area contributed by atoms with Gasteiger partial charge >= 0.3 is 0 Å². The van der Waals surface area contributed by atoms with E-state index in [0.717, 1.165) is 27.6 Å². The van der Waals surface area contributed by atoms with Gasteiger partial charge in [0.2, 0.25) is 0 Å². The summed E-state index contributed by atoms with van der Waals surface area (Å²) >= 11 is 3.67. The molecule has 0 N–H and O–H groups in total. The number of halogens is 1. The molecule has 90 valence electrons. The highest BCUT2D eigenvalue weighted by Crippen LogP contribution is 2.38. The molecule has 1 aliphatic rings. The molecule has 3 rings (SSSR count). The van der Waals surface area contributed by atoms with Crippen molar-refractivity contribution in [1.82, 2.24) is 0 Å². The maximum Gasteiger partial charge on any atom is 0.166 e. The van der Waals surface area contributed by atoms with Crippen LogP contribution in [0.15, 0.2) is 46.9 Å². The van der Waals surface area contributed by atoms with Crippen LogP contribution in [-0.4, -0.2) is 5.78 Å². The van der Waals surface area contributed by atoms with Crippen LogP contribution in [0.2, 0.25) is 0 Å². The summed E-state index contributed by atoms with van der Waals surface area (Å²) < 4.78 is 1.07. The predicted octanol–water partition coefficient (Wildman–Crippen LogP) is 4.49. The minimum absolute atomic E-state index is 0.113. The molecular formula is C16H13BrO. The zero-order valence-corrected chi connectivity index (χ0v) is 11.7. The molecule has 0 aliphatic heterocycles. The van der Waals surface area contributed by atoms with E-state index in [4.69, 9.17) is 0 Å². The number of carbonyl (C=O) groups excluding carboxylic acids is 1. The number of carbonyl (C=O) groups is 1. The highest BCUT2D eigenvalue weighted by atomic mass is 79.9. The Labute approximate surface area is 115 Å². The molecule has 2 aromatic rings. The molecule has 0 amide bonds. The average Bonchev–Trinajstić information content (AvgIpc) is 2.69. The fourth-order valence-corrected chi connectivity index (χ4v) is 3.29. The lowest BCUT2D eigenvalue weighted by atomic mass is 10.0. The molecule has 0 saturated carbocycles. The molecule has 1 atom stereocenters. The van der Waals surface area contributed by atoms with Gasteiger partial charge in [0.15, 0.2) is 5.78 Å². The third kappa shape index (κ3) is 1.72. The van der Waals surface area contributed by atoms with Crippen LogP contribution in [-0.2, 0) is 6.42 Å². The Balaban J connectivity index is 2.17. The minimum Gasteiger partial charge on any atom is -0.294 e. The summed E-state index contributed by atoms with van der Waals surface area (Å²) in [7, 11) is 0. The van der Waals surface area contributed by atoms with Crippen LogP contribution in [0.4, 0.5) is 0 Å². The number of Topliss-reactive ketones (excluding diaryl/α,β-unsaturated/α-hetero) is 1. The van der Waals surface area contributed by atoms with Crippen molar-refractivity contribution in [3.63, 3.8) is 0 Å². The van der Waals surface area contributed by atoms with Gasteiger partial charge in [0.1, 0.15) is 0 Å². The number of rotatable bonds is 1. The van der Waals surface area contributed by atoms with E-state index in [9.17, 15) is 4.79 Å². The molecule has 0 saturated heterocycles. The minimum atomic E-state index is 0.113. The second kappa shape index (κ2) is 4.36. The van der Waals surface area contributed by atoms with Gasteiger partial charge in [-0.25, -0.2) is 0 Å². The van der Waals surface area contributed by atoms with Gasteiger partial charge in [-0.2, -0.15) is 0 Å². The van der Waals surface area contributed by atoms with Crippen LogP contribution in [0, 0.1) is 5.92 Å². The van der Waals surface area contributed by atoms with E-state index in [-0.39, 0.29) is 11.7 Å². The zero-order valence-electron chi connectivity index (χ0n) is 10.1. The van der Waals surface area contributed by atoms with E-state index in [0.29, 0.717) is 0 Å². The Morgan fingerprint density at radius 3 is 2.44 bits per heavy atom. The fraction of sp³-hybridized carbons (Fsp3) is 0.188. The number of benzene rings is 2. The highest BCUT2D eigenvalue weighted by molar-refractivity contribution is 9.10. The van der Waals surface area contributed by atoms with Gasteiger partial charge in [-0.15, -0.1) is 0 Å². The van der Waals surface area contributed by atoms with E-state index in [1.54, 1.807) is 0 Å². The first-order valence-electron chi connectivity index (χ1n) is 6.09. The van der Waals surface area contributed by atoms with Gasteiger partial charge in [0, 0.05) is 16.0 Å². The van der Waals surface area contributed by atoms with Crippen molar-refractivity contribution in [2.24, 2.45) is 5.92 Å². The highest BCUT2D eigenvalue weighted by Gasteiger charge is 2.29.